The van der Waals surface area contributed by atoms with Crippen LogP contribution in [0.2, 0.25) is 0 Å². The zero-order chi connectivity index (χ0) is 16.7. The molecule has 0 amide bonds. The van der Waals surface area contributed by atoms with Gasteiger partial charge in [-0.3, -0.25) is 0 Å². The highest BCUT2D eigenvalue weighted by Gasteiger charge is 2.11. The van der Waals surface area contributed by atoms with Gasteiger partial charge in [0.05, 0.1) is 5.69 Å². The molecule has 0 aliphatic carbocycles. The molecule has 3 nitrogen and oxygen atoms in total. The summed E-state index contributed by atoms with van der Waals surface area (Å²) in [4.78, 5) is 12.8. The molecule has 0 spiro atoms. The predicted molar refractivity (Wildman–Crippen MR) is 101 cm³/mol. The molecule has 0 atom stereocenters. The maximum atomic E-state index is 5.86. The number of aryl methyl sites for hydroxylation is 1. The molecule has 0 saturated heterocycles. The Morgan fingerprint density at radius 3 is 2.83 bits per heavy atom. The number of benzene rings is 2. The van der Waals surface area contributed by atoms with Crippen LogP contribution in [0.25, 0.3) is 28.0 Å². The fourth-order valence-electron chi connectivity index (χ4n) is 3.15. The van der Waals surface area contributed by atoms with E-state index in [9.17, 15) is 0 Å². The molecular weight excluding hydrogens is 293 g/mol. The SMILES string of the molecule is [B]c1cccc(Cc2nc(C)c3c(n2)[nH]c2cc(C=C)ccc23)c1. The second kappa shape index (κ2) is 5.64. The van der Waals surface area contributed by atoms with Crippen LogP contribution < -0.4 is 5.46 Å². The van der Waals surface area contributed by atoms with E-state index in [1.807, 2.05) is 37.3 Å². The number of H-pyrrole nitrogens is 1. The summed E-state index contributed by atoms with van der Waals surface area (Å²) in [6.07, 6.45) is 2.50. The summed E-state index contributed by atoms with van der Waals surface area (Å²) in [7, 11) is 5.86. The summed E-state index contributed by atoms with van der Waals surface area (Å²) in [5.74, 6) is 0.793. The number of nitrogens with one attached hydrogen (secondary N) is 1. The molecule has 0 aliphatic heterocycles. The third kappa shape index (κ3) is 2.50. The normalized spacial score (nSPS) is 11.2. The summed E-state index contributed by atoms with van der Waals surface area (Å²) < 4.78 is 0. The molecule has 114 valence electrons. The van der Waals surface area contributed by atoms with Crippen molar-refractivity contribution in [3.8, 4) is 0 Å². The van der Waals surface area contributed by atoms with Crippen molar-refractivity contribution in [2.24, 2.45) is 0 Å². The van der Waals surface area contributed by atoms with Gasteiger partial charge < -0.3 is 4.98 Å². The van der Waals surface area contributed by atoms with Crippen molar-refractivity contribution in [1.82, 2.24) is 15.0 Å². The van der Waals surface area contributed by atoms with E-state index in [0.717, 1.165) is 50.0 Å². The fourth-order valence-corrected chi connectivity index (χ4v) is 3.15. The van der Waals surface area contributed by atoms with Crippen LogP contribution in [0.4, 0.5) is 0 Å². The third-order valence-corrected chi connectivity index (χ3v) is 4.25. The molecule has 0 aliphatic rings. The van der Waals surface area contributed by atoms with Gasteiger partial charge in [0.2, 0.25) is 0 Å². The summed E-state index contributed by atoms with van der Waals surface area (Å²) in [6.45, 7) is 5.85. The van der Waals surface area contributed by atoms with Gasteiger partial charge in [-0.15, -0.1) is 0 Å². The molecule has 4 rings (SSSR count). The summed E-state index contributed by atoms with van der Waals surface area (Å²) >= 11 is 0. The zero-order valence-corrected chi connectivity index (χ0v) is 13.5. The van der Waals surface area contributed by atoms with Gasteiger partial charge >= 0.3 is 0 Å². The molecule has 2 heterocycles. The molecule has 4 heteroatoms. The van der Waals surface area contributed by atoms with Crippen molar-refractivity contribution in [2.75, 3.05) is 0 Å². The smallest absolute Gasteiger partial charge is 0.142 e. The summed E-state index contributed by atoms with van der Waals surface area (Å²) in [6, 6.07) is 14.1. The molecule has 24 heavy (non-hydrogen) atoms. The summed E-state index contributed by atoms with van der Waals surface area (Å²) in [5.41, 5.74) is 5.86. The Morgan fingerprint density at radius 1 is 1.17 bits per heavy atom. The number of aromatic nitrogens is 3. The monoisotopic (exact) mass is 309 g/mol. The van der Waals surface area contributed by atoms with Gasteiger partial charge in [0.25, 0.3) is 0 Å². The lowest BCUT2D eigenvalue weighted by atomic mass is 9.94. The first-order chi connectivity index (χ1) is 11.6. The Balaban J connectivity index is 1.84. The highest BCUT2D eigenvalue weighted by Crippen LogP contribution is 2.27. The Labute approximate surface area is 141 Å². The molecule has 1 N–H and O–H groups in total. The van der Waals surface area contributed by atoms with Crippen molar-refractivity contribution in [3.63, 3.8) is 0 Å². The van der Waals surface area contributed by atoms with Crippen LogP contribution in [0.3, 0.4) is 0 Å². The van der Waals surface area contributed by atoms with Crippen molar-refractivity contribution >= 4 is 41.3 Å². The third-order valence-electron chi connectivity index (χ3n) is 4.25. The minimum Gasteiger partial charge on any atom is -0.339 e. The molecule has 2 aromatic heterocycles. The number of rotatable bonds is 3. The van der Waals surface area contributed by atoms with Gasteiger partial charge in [-0.2, -0.15) is 0 Å². The van der Waals surface area contributed by atoms with Gasteiger partial charge in [0.1, 0.15) is 19.3 Å². The minimum absolute atomic E-state index is 0.662. The Bertz CT molecular complexity index is 1080. The van der Waals surface area contributed by atoms with Crippen LogP contribution in [0, 0.1) is 6.92 Å². The van der Waals surface area contributed by atoms with E-state index in [1.54, 1.807) is 0 Å². The number of nitrogens with zero attached hydrogens (tertiary/aromatic N) is 2. The van der Waals surface area contributed by atoms with E-state index in [4.69, 9.17) is 17.8 Å². The molecule has 0 unspecified atom stereocenters. The zero-order valence-electron chi connectivity index (χ0n) is 13.5. The molecule has 0 bridgehead atoms. The number of hydrogen-bond acceptors (Lipinski definition) is 2. The Hall–Kier alpha value is -2.88. The maximum absolute atomic E-state index is 5.86. The molecule has 0 saturated carbocycles. The Morgan fingerprint density at radius 2 is 2.04 bits per heavy atom. The predicted octanol–water partition coefficient (Wildman–Crippen LogP) is 3.45. The van der Waals surface area contributed by atoms with Crippen molar-refractivity contribution < 1.29 is 0 Å². The average Bonchev–Trinajstić information content (AvgIpc) is 2.92. The summed E-state index contributed by atoms with van der Waals surface area (Å²) in [5, 5.41) is 2.22. The quantitative estimate of drug-likeness (QED) is 0.589. The van der Waals surface area contributed by atoms with E-state index in [2.05, 4.69) is 29.8 Å². The lowest BCUT2D eigenvalue weighted by molar-refractivity contribution is 0.966. The fraction of sp³-hybridized carbons (Fsp3) is 0.100. The standard InChI is InChI=1S/C20H16BN3/c1-3-13-7-8-16-17(10-13)23-20-19(16)12(2)22-18(24-20)11-14-5-4-6-15(21)9-14/h3-10H,1,11H2,2H3,(H,22,23,24). The first-order valence-corrected chi connectivity index (χ1v) is 7.90. The molecule has 2 radical (unpaired) electrons. The topological polar surface area (TPSA) is 41.6 Å². The maximum Gasteiger partial charge on any atom is 0.142 e. The van der Waals surface area contributed by atoms with Crippen LogP contribution in [0.1, 0.15) is 22.6 Å². The van der Waals surface area contributed by atoms with Gasteiger partial charge in [-0.05, 0) is 24.1 Å². The highest BCUT2D eigenvalue weighted by atomic mass is 15.0. The van der Waals surface area contributed by atoms with Crippen molar-refractivity contribution in [1.29, 1.82) is 0 Å². The van der Waals surface area contributed by atoms with Crippen LogP contribution in [0.5, 0.6) is 0 Å². The second-order valence-corrected chi connectivity index (χ2v) is 6.00. The number of hydrogen-bond donors (Lipinski definition) is 1. The van der Waals surface area contributed by atoms with Crippen molar-refractivity contribution in [3.05, 3.63) is 71.7 Å². The van der Waals surface area contributed by atoms with Gasteiger partial charge in [-0.25, -0.2) is 9.97 Å². The second-order valence-electron chi connectivity index (χ2n) is 6.00. The van der Waals surface area contributed by atoms with Crippen molar-refractivity contribution in [2.45, 2.75) is 13.3 Å². The van der Waals surface area contributed by atoms with E-state index < -0.39 is 0 Å². The lowest BCUT2D eigenvalue weighted by Crippen LogP contribution is -2.05. The van der Waals surface area contributed by atoms with E-state index in [0.29, 0.717) is 6.42 Å². The van der Waals surface area contributed by atoms with Crippen LogP contribution >= 0.6 is 0 Å². The number of aromatic amines is 1. The van der Waals surface area contributed by atoms with E-state index in [1.165, 1.54) is 0 Å². The van der Waals surface area contributed by atoms with Crippen LogP contribution in [-0.4, -0.2) is 22.8 Å². The molecule has 4 aromatic rings. The highest BCUT2D eigenvalue weighted by molar-refractivity contribution is 6.32. The van der Waals surface area contributed by atoms with Gasteiger partial charge in [0.15, 0.2) is 0 Å². The van der Waals surface area contributed by atoms with Crippen LogP contribution in [-0.2, 0) is 6.42 Å². The Kier molecular flexibility index (Phi) is 3.45. The van der Waals surface area contributed by atoms with Gasteiger partial charge in [0, 0.05) is 22.7 Å². The van der Waals surface area contributed by atoms with E-state index in [-0.39, 0.29) is 0 Å². The first-order valence-electron chi connectivity index (χ1n) is 7.90. The average molecular weight is 309 g/mol. The molecule has 2 aromatic carbocycles. The molecule has 0 fully saturated rings. The first kappa shape index (κ1) is 14.7. The lowest BCUT2D eigenvalue weighted by Gasteiger charge is -2.04. The van der Waals surface area contributed by atoms with Gasteiger partial charge in [-0.1, -0.05) is 54.5 Å². The molecular formula is C20H16BN3. The van der Waals surface area contributed by atoms with E-state index >= 15 is 0 Å². The van der Waals surface area contributed by atoms with Crippen LogP contribution in [0.15, 0.2) is 49.0 Å². The number of fused-ring (bicyclic) bond motifs is 3. The minimum atomic E-state index is 0.662. The largest absolute Gasteiger partial charge is 0.339 e.